The van der Waals surface area contributed by atoms with Crippen molar-refractivity contribution in [2.45, 2.75) is 78.2 Å². The number of aliphatic hydroxyl groups excluding tert-OH is 1. The molecular weight excluding hydrogens is 284 g/mol. The Morgan fingerprint density at radius 3 is 2.70 bits per heavy atom. The highest BCUT2D eigenvalue weighted by Crippen LogP contribution is 2.66. The molecule has 23 heavy (non-hydrogen) atoms. The van der Waals surface area contributed by atoms with Gasteiger partial charge in [0.15, 0.2) is 0 Å². The zero-order valence-corrected chi connectivity index (χ0v) is 15.0. The van der Waals surface area contributed by atoms with Crippen molar-refractivity contribution in [3.63, 3.8) is 0 Å². The molecule has 1 N–H and O–H groups in total. The van der Waals surface area contributed by atoms with Gasteiger partial charge >= 0.3 is 0 Å². The number of ketones is 1. The molecule has 4 rings (SSSR count). The fourth-order valence-electron chi connectivity index (χ4n) is 7.37. The first-order chi connectivity index (χ1) is 10.9. The lowest BCUT2D eigenvalue weighted by atomic mass is 9.44. The van der Waals surface area contributed by atoms with E-state index in [0.29, 0.717) is 23.5 Å². The fraction of sp³-hybridized carbons (Fsp3) is 0.857. The highest BCUT2D eigenvalue weighted by Gasteiger charge is 2.61. The average molecular weight is 316 g/mol. The van der Waals surface area contributed by atoms with Gasteiger partial charge in [0.1, 0.15) is 5.78 Å². The fourth-order valence-corrected chi connectivity index (χ4v) is 7.37. The van der Waals surface area contributed by atoms with Gasteiger partial charge in [0.2, 0.25) is 0 Å². The molecule has 128 valence electrons. The summed E-state index contributed by atoms with van der Waals surface area (Å²) in [6.07, 6.45) is 10.7. The summed E-state index contributed by atoms with van der Waals surface area (Å²) in [6.45, 7) is 6.90. The van der Waals surface area contributed by atoms with Crippen LogP contribution in [0.1, 0.15) is 72.1 Å². The SMILES string of the molecule is C/C=C1/CC[C@H]2[C@@H]3CC[C@@H]4C[C@@H](O)CC[C@]4(C)[C@H]3C(=O)C[C@]12C. The molecule has 0 aliphatic heterocycles. The molecule has 4 saturated carbocycles. The van der Waals surface area contributed by atoms with Crippen LogP contribution in [0, 0.1) is 34.5 Å². The zero-order chi connectivity index (χ0) is 16.4. The Bertz CT molecular complexity index is 550. The van der Waals surface area contributed by atoms with E-state index in [4.69, 9.17) is 0 Å². The number of aliphatic hydroxyl groups is 1. The topological polar surface area (TPSA) is 37.3 Å². The normalized spacial score (nSPS) is 54.5. The smallest absolute Gasteiger partial charge is 0.137 e. The van der Waals surface area contributed by atoms with Crippen LogP contribution in [0.2, 0.25) is 0 Å². The summed E-state index contributed by atoms with van der Waals surface area (Å²) in [5.41, 5.74) is 1.84. The standard InChI is InChI=1S/C21H32O2/c1-4-13-6-8-17-16-7-5-14-11-15(22)9-10-20(14,2)19(16)18(23)12-21(13,17)3/h4,14-17,19,22H,5-12H2,1-3H3/b13-4-/t14-,15+,16+,17+,19-,20+,21-/m1/s1. The minimum atomic E-state index is -0.130. The lowest BCUT2D eigenvalue weighted by Gasteiger charge is -2.59. The number of carbonyl (C=O) groups excluding carboxylic acids is 1. The van der Waals surface area contributed by atoms with Crippen LogP contribution in [0.25, 0.3) is 0 Å². The Morgan fingerprint density at radius 2 is 1.96 bits per heavy atom. The maximum absolute atomic E-state index is 13.3. The number of hydrogen-bond donors (Lipinski definition) is 1. The van der Waals surface area contributed by atoms with E-state index < -0.39 is 0 Å². The van der Waals surface area contributed by atoms with E-state index in [-0.39, 0.29) is 22.9 Å². The van der Waals surface area contributed by atoms with Crippen molar-refractivity contribution in [3.05, 3.63) is 11.6 Å². The van der Waals surface area contributed by atoms with Crippen molar-refractivity contribution in [1.29, 1.82) is 0 Å². The van der Waals surface area contributed by atoms with E-state index in [1.165, 1.54) is 25.7 Å². The van der Waals surface area contributed by atoms with E-state index >= 15 is 0 Å². The first kappa shape index (κ1) is 15.9. The van der Waals surface area contributed by atoms with Crippen molar-refractivity contribution >= 4 is 5.78 Å². The van der Waals surface area contributed by atoms with E-state index in [0.717, 1.165) is 25.7 Å². The van der Waals surface area contributed by atoms with E-state index in [1.807, 2.05) is 0 Å². The molecule has 0 unspecified atom stereocenters. The molecular formula is C21H32O2. The van der Waals surface area contributed by atoms with E-state index in [2.05, 4.69) is 26.8 Å². The second-order valence-electron chi connectivity index (χ2n) is 9.37. The Morgan fingerprint density at radius 1 is 1.17 bits per heavy atom. The van der Waals surface area contributed by atoms with Crippen molar-refractivity contribution in [1.82, 2.24) is 0 Å². The molecule has 0 saturated heterocycles. The molecule has 0 spiro atoms. The maximum atomic E-state index is 13.3. The predicted octanol–water partition coefficient (Wildman–Crippen LogP) is 4.52. The third-order valence-corrected chi connectivity index (χ3v) is 8.52. The van der Waals surface area contributed by atoms with Gasteiger partial charge < -0.3 is 5.11 Å². The maximum Gasteiger partial charge on any atom is 0.137 e. The quantitative estimate of drug-likeness (QED) is 0.667. The summed E-state index contributed by atoms with van der Waals surface area (Å²) in [5.74, 6) is 2.67. The monoisotopic (exact) mass is 316 g/mol. The molecule has 0 aromatic carbocycles. The summed E-state index contributed by atoms with van der Waals surface area (Å²) in [6, 6.07) is 0. The molecule has 0 heterocycles. The van der Waals surface area contributed by atoms with Crippen molar-refractivity contribution in [2.75, 3.05) is 0 Å². The van der Waals surface area contributed by atoms with Crippen LogP contribution in [0.5, 0.6) is 0 Å². The van der Waals surface area contributed by atoms with Crippen LogP contribution in [0.15, 0.2) is 11.6 Å². The van der Waals surface area contributed by atoms with Crippen LogP contribution in [-0.4, -0.2) is 17.0 Å². The Hall–Kier alpha value is -0.630. The lowest BCUT2D eigenvalue weighted by Crippen LogP contribution is -2.57. The van der Waals surface area contributed by atoms with Crippen LogP contribution in [0.3, 0.4) is 0 Å². The Kier molecular flexibility index (Phi) is 3.58. The molecule has 0 aromatic rings. The molecule has 4 aliphatic rings. The van der Waals surface area contributed by atoms with Crippen LogP contribution in [-0.2, 0) is 4.79 Å². The number of Topliss-reactive ketones (excluding diaryl/α,β-unsaturated/α-hetero) is 1. The number of fused-ring (bicyclic) bond motifs is 5. The van der Waals surface area contributed by atoms with Crippen molar-refractivity contribution in [2.24, 2.45) is 34.5 Å². The van der Waals surface area contributed by atoms with Crippen LogP contribution < -0.4 is 0 Å². The summed E-state index contributed by atoms with van der Waals surface area (Å²) in [7, 11) is 0. The van der Waals surface area contributed by atoms with Gasteiger partial charge in [-0.3, -0.25) is 4.79 Å². The molecule has 7 atom stereocenters. The van der Waals surface area contributed by atoms with Gasteiger partial charge in [-0.2, -0.15) is 0 Å². The van der Waals surface area contributed by atoms with Gasteiger partial charge in [-0.15, -0.1) is 0 Å². The van der Waals surface area contributed by atoms with Gasteiger partial charge in [0, 0.05) is 12.3 Å². The second kappa shape index (κ2) is 5.18. The Balaban J connectivity index is 1.70. The van der Waals surface area contributed by atoms with Crippen molar-refractivity contribution < 1.29 is 9.90 Å². The minimum Gasteiger partial charge on any atom is -0.393 e. The molecule has 0 radical (unpaired) electrons. The number of hydrogen-bond acceptors (Lipinski definition) is 2. The molecule has 4 aliphatic carbocycles. The highest BCUT2D eigenvalue weighted by molar-refractivity contribution is 5.85. The first-order valence-electron chi connectivity index (χ1n) is 9.76. The molecule has 0 aromatic heterocycles. The molecule has 0 bridgehead atoms. The molecule has 4 fully saturated rings. The third kappa shape index (κ3) is 2.06. The first-order valence-corrected chi connectivity index (χ1v) is 9.76. The summed E-state index contributed by atoms with van der Waals surface area (Å²) >= 11 is 0. The lowest BCUT2D eigenvalue weighted by molar-refractivity contribution is -0.157. The van der Waals surface area contributed by atoms with Gasteiger partial charge in [-0.1, -0.05) is 25.5 Å². The summed E-state index contributed by atoms with van der Waals surface area (Å²) < 4.78 is 0. The molecule has 2 heteroatoms. The number of rotatable bonds is 0. The van der Waals surface area contributed by atoms with Gasteiger partial charge in [0.25, 0.3) is 0 Å². The minimum absolute atomic E-state index is 0.130. The third-order valence-electron chi connectivity index (χ3n) is 8.52. The highest BCUT2D eigenvalue weighted by atomic mass is 16.3. The van der Waals surface area contributed by atoms with Gasteiger partial charge in [-0.25, -0.2) is 0 Å². The molecule has 2 nitrogen and oxygen atoms in total. The van der Waals surface area contributed by atoms with E-state index in [9.17, 15) is 9.90 Å². The molecule has 0 amide bonds. The number of carbonyl (C=O) groups is 1. The number of allylic oxidation sites excluding steroid dienone is 2. The van der Waals surface area contributed by atoms with E-state index in [1.54, 1.807) is 5.57 Å². The zero-order valence-electron chi connectivity index (χ0n) is 15.0. The van der Waals surface area contributed by atoms with Gasteiger partial charge in [0.05, 0.1) is 6.10 Å². The second-order valence-corrected chi connectivity index (χ2v) is 9.37. The van der Waals surface area contributed by atoms with Gasteiger partial charge in [-0.05, 0) is 80.5 Å². The predicted molar refractivity (Wildman–Crippen MR) is 91.9 cm³/mol. The van der Waals surface area contributed by atoms with Crippen molar-refractivity contribution in [3.8, 4) is 0 Å². The Labute approximate surface area is 140 Å². The summed E-state index contributed by atoms with van der Waals surface area (Å²) in [5, 5.41) is 10.1. The average Bonchev–Trinajstić information content (AvgIpc) is 2.83. The largest absolute Gasteiger partial charge is 0.393 e. The summed E-state index contributed by atoms with van der Waals surface area (Å²) in [4.78, 5) is 13.3. The van der Waals surface area contributed by atoms with Crippen LogP contribution in [0.4, 0.5) is 0 Å². The van der Waals surface area contributed by atoms with Crippen LogP contribution >= 0.6 is 0 Å².